The van der Waals surface area contributed by atoms with Crippen molar-refractivity contribution in [3.63, 3.8) is 0 Å². The third-order valence-electron chi connectivity index (χ3n) is 11.6. The number of carbonyl (C=O) groups excluding carboxylic acids is 5. The number of aromatic nitrogens is 4. The summed E-state index contributed by atoms with van der Waals surface area (Å²) in [4.78, 5) is 78.4. The van der Waals surface area contributed by atoms with Gasteiger partial charge in [-0.15, -0.1) is 6.42 Å². The van der Waals surface area contributed by atoms with Crippen molar-refractivity contribution in [3.05, 3.63) is 69.3 Å². The first-order valence-corrected chi connectivity index (χ1v) is 22.7. The van der Waals surface area contributed by atoms with Crippen LogP contribution in [0.15, 0.2) is 30.6 Å². The maximum Gasteiger partial charge on any atom is 0.308 e. The maximum atomic E-state index is 14.2. The second-order valence-corrected chi connectivity index (χ2v) is 18.9. The monoisotopic (exact) mass is 927 g/mol. The minimum Gasteiger partial charge on any atom is -0.461 e. The van der Waals surface area contributed by atoms with Crippen LogP contribution in [0.2, 0.25) is 5.28 Å². The van der Waals surface area contributed by atoms with Crippen LogP contribution in [0.25, 0.3) is 11.2 Å². The molecule has 0 aliphatic carbocycles. The number of terminal acetylenes is 1. The number of rotatable bonds is 19. The molecule has 4 aromatic rings. The zero-order valence-electron chi connectivity index (χ0n) is 39.9. The molecule has 3 heterocycles. The minimum absolute atomic E-state index is 0.0392. The Kier molecular flexibility index (Phi) is 16.4. The standard InChI is InChI=1S/C50H62ClN5O10/c1-13-15-16-17-18-19-38(59)53-45-44-46(55-47(51)54-45)56(28-52-44)39-24-37(65-41(61)26-49(11,12)43-32(6)21-30(4)23-36(43)64-34(8)58)50(14-2,66-39)27-62-40(60)25-48(9,10)42-31(5)20-29(3)22-35(42)63-33(7)57/h2,20-23,28,37,39H,13,15-19,24-27H2,1,3-12H3,(H,53,54,55,59)/t37-,39+,50+/m0/s1. The lowest BCUT2D eigenvalue weighted by molar-refractivity contribution is -0.168. The van der Waals surface area contributed by atoms with Crippen LogP contribution in [0.5, 0.6) is 11.5 Å². The number of fused-ring (bicyclic) bond motifs is 1. The van der Waals surface area contributed by atoms with Gasteiger partial charge in [-0.2, -0.15) is 9.97 Å². The molecule has 0 saturated carbocycles. The third-order valence-corrected chi connectivity index (χ3v) is 11.8. The Hall–Kier alpha value is -5.85. The Morgan fingerprint density at radius 2 is 1.42 bits per heavy atom. The van der Waals surface area contributed by atoms with Crippen molar-refractivity contribution in [2.45, 2.75) is 163 Å². The highest BCUT2D eigenvalue weighted by molar-refractivity contribution is 6.28. The molecule has 0 unspecified atom stereocenters. The molecule has 1 N–H and O–H groups in total. The number of benzene rings is 2. The van der Waals surface area contributed by atoms with Crippen molar-refractivity contribution in [3.8, 4) is 23.8 Å². The largest absolute Gasteiger partial charge is 0.461 e. The summed E-state index contributed by atoms with van der Waals surface area (Å²) in [5, 5.41) is 2.66. The molecule has 1 fully saturated rings. The average molecular weight is 929 g/mol. The fourth-order valence-corrected chi connectivity index (χ4v) is 9.19. The molecule has 3 atom stereocenters. The van der Waals surface area contributed by atoms with Crippen LogP contribution < -0.4 is 14.8 Å². The van der Waals surface area contributed by atoms with E-state index in [4.69, 9.17) is 41.7 Å². The second kappa shape index (κ2) is 21.2. The minimum atomic E-state index is -1.82. The van der Waals surface area contributed by atoms with E-state index in [0.29, 0.717) is 29.0 Å². The molecule has 5 rings (SSSR count). The molecule has 2 aromatic heterocycles. The summed E-state index contributed by atoms with van der Waals surface area (Å²) in [5.74, 6) is 0.900. The fraction of sp³-hybridized carbons (Fsp3) is 0.520. The normalized spacial score (nSPS) is 17.3. The van der Waals surface area contributed by atoms with Crippen LogP contribution in [-0.4, -0.2) is 67.6 Å². The number of ether oxygens (including phenoxy) is 5. The van der Waals surface area contributed by atoms with Crippen LogP contribution in [0.4, 0.5) is 5.82 Å². The smallest absolute Gasteiger partial charge is 0.308 e. The van der Waals surface area contributed by atoms with Crippen LogP contribution in [-0.2, 0) is 49.0 Å². The molecule has 1 saturated heterocycles. The van der Waals surface area contributed by atoms with E-state index in [2.05, 4.69) is 33.1 Å². The molecular formula is C50H62ClN5O10. The quantitative estimate of drug-likeness (QED) is 0.0308. The lowest BCUT2D eigenvalue weighted by Gasteiger charge is -2.32. The van der Waals surface area contributed by atoms with Crippen molar-refractivity contribution in [2.75, 3.05) is 11.9 Å². The summed E-state index contributed by atoms with van der Waals surface area (Å²) < 4.78 is 31.5. The van der Waals surface area contributed by atoms with Gasteiger partial charge in [0.2, 0.25) is 16.8 Å². The first kappa shape index (κ1) is 51.1. The Balaban J connectivity index is 1.46. The topological polar surface area (TPSA) is 187 Å². The molecule has 1 aliphatic rings. The van der Waals surface area contributed by atoms with Crippen LogP contribution >= 0.6 is 11.6 Å². The number of amides is 1. The maximum absolute atomic E-state index is 14.2. The van der Waals surface area contributed by atoms with E-state index in [0.717, 1.165) is 47.9 Å². The number of anilines is 1. The van der Waals surface area contributed by atoms with Gasteiger partial charge in [-0.3, -0.25) is 28.5 Å². The van der Waals surface area contributed by atoms with E-state index in [-0.39, 0.29) is 53.9 Å². The number of halogens is 1. The molecule has 0 spiro atoms. The van der Waals surface area contributed by atoms with Crippen molar-refractivity contribution >= 4 is 58.4 Å². The summed E-state index contributed by atoms with van der Waals surface area (Å²) in [6.45, 7) is 19.1. The summed E-state index contributed by atoms with van der Waals surface area (Å²) in [6, 6.07) is 7.38. The molecule has 0 bridgehead atoms. The molecule has 66 heavy (non-hydrogen) atoms. The van der Waals surface area contributed by atoms with E-state index in [9.17, 15) is 24.0 Å². The SMILES string of the molecule is C#C[C@]1(COC(=O)CC(C)(C)c2c(C)cc(C)cc2OC(C)=O)O[C@@H](n2cnc3c(NC(=O)CCCCCCC)nc(Cl)nc32)C[C@@H]1OC(=O)CC(C)(C)c1c(C)cc(C)cc1OC(C)=O. The van der Waals surface area contributed by atoms with Crippen LogP contribution in [0.3, 0.4) is 0 Å². The highest BCUT2D eigenvalue weighted by Gasteiger charge is 2.53. The lowest BCUT2D eigenvalue weighted by atomic mass is 9.78. The zero-order valence-corrected chi connectivity index (χ0v) is 40.7. The molecule has 16 heteroatoms. The first-order valence-electron chi connectivity index (χ1n) is 22.3. The van der Waals surface area contributed by atoms with Gasteiger partial charge >= 0.3 is 23.9 Å². The van der Waals surface area contributed by atoms with Gasteiger partial charge in [0, 0.05) is 48.6 Å². The number of carbonyl (C=O) groups is 5. The van der Waals surface area contributed by atoms with Gasteiger partial charge in [-0.25, -0.2) is 4.98 Å². The van der Waals surface area contributed by atoms with Gasteiger partial charge in [0.1, 0.15) is 30.4 Å². The van der Waals surface area contributed by atoms with Crippen LogP contribution in [0, 0.1) is 40.0 Å². The van der Waals surface area contributed by atoms with E-state index < -0.39 is 59.2 Å². The Bertz CT molecular complexity index is 2540. The Labute approximate surface area is 392 Å². The van der Waals surface area contributed by atoms with Crippen molar-refractivity contribution in [2.24, 2.45) is 0 Å². The number of nitrogens with one attached hydrogen (secondary N) is 1. The molecular weight excluding hydrogens is 866 g/mol. The number of imidazole rings is 1. The molecule has 1 amide bonds. The number of esters is 4. The predicted octanol–water partition coefficient (Wildman–Crippen LogP) is 9.34. The average Bonchev–Trinajstić information content (AvgIpc) is 3.76. The van der Waals surface area contributed by atoms with E-state index >= 15 is 0 Å². The predicted molar refractivity (Wildman–Crippen MR) is 249 cm³/mol. The Morgan fingerprint density at radius 1 is 0.864 bits per heavy atom. The van der Waals surface area contributed by atoms with Gasteiger partial charge < -0.3 is 29.0 Å². The highest BCUT2D eigenvalue weighted by Crippen LogP contribution is 2.44. The van der Waals surface area contributed by atoms with Gasteiger partial charge in [0.05, 0.1) is 19.2 Å². The van der Waals surface area contributed by atoms with Crippen molar-refractivity contribution < 1.29 is 47.7 Å². The van der Waals surface area contributed by atoms with E-state index in [1.54, 1.807) is 16.7 Å². The van der Waals surface area contributed by atoms with E-state index in [1.165, 1.54) is 20.2 Å². The Morgan fingerprint density at radius 3 is 1.97 bits per heavy atom. The number of aryl methyl sites for hydroxylation is 4. The van der Waals surface area contributed by atoms with Crippen molar-refractivity contribution in [1.82, 2.24) is 19.5 Å². The van der Waals surface area contributed by atoms with E-state index in [1.807, 2.05) is 67.5 Å². The highest BCUT2D eigenvalue weighted by atomic mass is 35.5. The number of hydrogen-bond donors (Lipinski definition) is 1. The number of unbranched alkanes of at least 4 members (excludes halogenated alkanes) is 4. The summed E-state index contributed by atoms with van der Waals surface area (Å²) >= 11 is 6.42. The first-order chi connectivity index (χ1) is 31.0. The van der Waals surface area contributed by atoms with Gasteiger partial charge in [0.25, 0.3) is 0 Å². The number of nitrogens with zero attached hydrogens (tertiary/aromatic N) is 4. The van der Waals surface area contributed by atoms with Crippen LogP contribution in [0.1, 0.15) is 146 Å². The summed E-state index contributed by atoms with van der Waals surface area (Å²) in [5.41, 5.74) is 1.55. The van der Waals surface area contributed by atoms with Gasteiger partial charge in [-0.1, -0.05) is 78.4 Å². The molecule has 2 aromatic carbocycles. The molecule has 354 valence electrons. The lowest BCUT2D eigenvalue weighted by Crippen LogP contribution is -2.46. The zero-order chi connectivity index (χ0) is 48.7. The van der Waals surface area contributed by atoms with Gasteiger partial charge in [0.15, 0.2) is 17.0 Å². The third kappa shape index (κ3) is 12.3. The summed E-state index contributed by atoms with van der Waals surface area (Å²) in [6.07, 6.45) is 10.3. The number of hydrogen-bond acceptors (Lipinski definition) is 13. The second-order valence-electron chi connectivity index (χ2n) is 18.6. The van der Waals surface area contributed by atoms with Gasteiger partial charge in [-0.05, 0) is 80.1 Å². The summed E-state index contributed by atoms with van der Waals surface area (Å²) in [7, 11) is 0. The fourth-order valence-electron chi connectivity index (χ4n) is 9.02. The van der Waals surface area contributed by atoms with Crippen molar-refractivity contribution in [1.29, 1.82) is 0 Å². The molecule has 1 aliphatic heterocycles. The molecule has 15 nitrogen and oxygen atoms in total. The molecule has 0 radical (unpaired) electrons.